The number of ether oxygens (including phenoxy) is 2. The fourth-order valence-electron chi connectivity index (χ4n) is 4.17. The van der Waals surface area contributed by atoms with E-state index in [1.54, 1.807) is 48.5 Å². The number of hydrogen-bond donors (Lipinski definition) is 1. The summed E-state index contributed by atoms with van der Waals surface area (Å²) in [6, 6.07) is 20.7. The van der Waals surface area contributed by atoms with Crippen LogP contribution >= 0.6 is 0 Å². The number of hydrogen-bond acceptors (Lipinski definition) is 5. The van der Waals surface area contributed by atoms with Gasteiger partial charge < -0.3 is 14.6 Å². The van der Waals surface area contributed by atoms with Crippen LogP contribution in [0.5, 0.6) is 11.5 Å². The van der Waals surface area contributed by atoms with Crippen LogP contribution in [-0.4, -0.2) is 29.5 Å². The second-order valence-electron chi connectivity index (χ2n) is 8.70. The van der Waals surface area contributed by atoms with Crippen molar-refractivity contribution in [1.29, 1.82) is 0 Å². The summed E-state index contributed by atoms with van der Waals surface area (Å²) in [5.74, 6) is -0.390. The number of anilines is 1. The number of rotatable bonds is 7. The van der Waals surface area contributed by atoms with E-state index in [2.05, 4.69) is 0 Å². The van der Waals surface area contributed by atoms with Gasteiger partial charge in [0.05, 0.1) is 24.3 Å². The Morgan fingerprint density at radius 2 is 1.66 bits per heavy atom. The third-order valence-electron chi connectivity index (χ3n) is 5.74. The van der Waals surface area contributed by atoms with Crippen LogP contribution in [0.1, 0.15) is 43.5 Å². The smallest absolute Gasteiger partial charge is 0.300 e. The van der Waals surface area contributed by atoms with Crippen molar-refractivity contribution in [1.82, 2.24) is 0 Å². The Balaban J connectivity index is 1.88. The quantitative estimate of drug-likeness (QED) is 0.267. The van der Waals surface area contributed by atoms with Crippen molar-refractivity contribution < 1.29 is 24.2 Å². The van der Waals surface area contributed by atoms with E-state index in [0.29, 0.717) is 34.9 Å². The average Bonchev–Trinajstić information content (AvgIpc) is 3.10. The van der Waals surface area contributed by atoms with Gasteiger partial charge in [-0.1, -0.05) is 48.0 Å². The summed E-state index contributed by atoms with van der Waals surface area (Å²) in [6.07, 6.45) is 0.00864. The van der Waals surface area contributed by atoms with Crippen molar-refractivity contribution in [3.05, 3.63) is 95.1 Å². The summed E-state index contributed by atoms with van der Waals surface area (Å²) < 4.78 is 11.4. The van der Waals surface area contributed by atoms with Crippen LogP contribution in [0.2, 0.25) is 0 Å². The zero-order valence-corrected chi connectivity index (χ0v) is 20.3. The van der Waals surface area contributed by atoms with Crippen molar-refractivity contribution in [3.8, 4) is 11.5 Å². The summed E-state index contributed by atoms with van der Waals surface area (Å²) in [4.78, 5) is 28.1. The molecule has 4 rings (SSSR count). The van der Waals surface area contributed by atoms with E-state index < -0.39 is 17.7 Å². The SMILES string of the molecule is CCOc1cccc(N2C(=O)C(=O)/C(=C(/O)c3ccc(C)cc3)C2c2ccc(OC(C)C)cc2)c1. The highest BCUT2D eigenvalue weighted by molar-refractivity contribution is 6.51. The lowest BCUT2D eigenvalue weighted by Gasteiger charge is -2.26. The van der Waals surface area contributed by atoms with E-state index >= 15 is 0 Å². The number of aliphatic hydroxyl groups excluding tert-OH is 1. The van der Waals surface area contributed by atoms with Crippen molar-refractivity contribution >= 4 is 23.1 Å². The number of amides is 1. The van der Waals surface area contributed by atoms with Gasteiger partial charge in [-0.3, -0.25) is 14.5 Å². The van der Waals surface area contributed by atoms with Crippen LogP contribution in [0.3, 0.4) is 0 Å². The van der Waals surface area contributed by atoms with Gasteiger partial charge in [-0.25, -0.2) is 0 Å². The van der Waals surface area contributed by atoms with Crippen LogP contribution < -0.4 is 14.4 Å². The molecule has 6 heteroatoms. The molecule has 0 aromatic heterocycles. The van der Waals surface area contributed by atoms with Crippen LogP contribution in [0.15, 0.2) is 78.4 Å². The molecule has 1 N–H and O–H groups in total. The Morgan fingerprint density at radius 3 is 2.29 bits per heavy atom. The normalized spacial score (nSPS) is 17.2. The van der Waals surface area contributed by atoms with Gasteiger partial charge in [0.15, 0.2) is 0 Å². The molecule has 1 aliphatic heterocycles. The van der Waals surface area contributed by atoms with Gasteiger partial charge >= 0.3 is 0 Å². The minimum Gasteiger partial charge on any atom is -0.507 e. The molecule has 1 fully saturated rings. The molecule has 1 amide bonds. The predicted molar refractivity (Wildman–Crippen MR) is 136 cm³/mol. The summed E-state index contributed by atoms with van der Waals surface area (Å²) in [5.41, 5.74) is 2.72. The monoisotopic (exact) mass is 471 g/mol. The van der Waals surface area contributed by atoms with Crippen LogP contribution in [0.25, 0.3) is 5.76 Å². The van der Waals surface area contributed by atoms with Gasteiger partial charge in [0.1, 0.15) is 17.3 Å². The minimum atomic E-state index is -0.818. The summed E-state index contributed by atoms with van der Waals surface area (Å²) >= 11 is 0. The van der Waals surface area contributed by atoms with Gasteiger partial charge in [-0.15, -0.1) is 0 Å². The molecule has 0 radical (unpaired) electrons. The summed E-state index contributed by atoms with van der Waals surface area (Å²) in [5, 5.41) is 11.2. The largest absolute Gasteiger partial charge is 0.507 e. The Labute approximate surface area is 205 Å². The molecule has 3 aromatic carbocycles. The predicted octanol–water partition coefficient (Wildman–Crippen LogP) is 5.81. The number of ketones is 1. The standard InChI is InChI=1S/C29H29NO5/c1-5-34-24-8-6-7-22(17-24)30-26(20-13-15-23(16-14-20)35-18(2)3)25(28(32)29(30)33)27(31)21-11-9-19(4)10-12-21/h6-18,26,31H,5H2,1-4H3/b27-25+. The number of aliphatic hydroxyl groups is 1. The summed E-state index contributed by atoms with van der Waals surface area (Å²) in [6.45, 7) is 8.16. The van der Waals surface area contributed by atoms with Crippen molar-refractivity contribution in [3.63, 3.8) is 0 Å². The maximum atomic E-state index is 13.3. The third kappa shape index (κ3) is 4.92. The molecule has 0 saturated carbocycles. The zero-order valence-electron chi connectivity index (χ0n) is 20.3. The topological polar surface area (TPSA) is 76.1 Å². The number of benzene rings is 3. The highest BCUT2D eigenvalue weighted by Gasteiger charge is 2.47. The van der Waals surface area contributed by atoms with Gasteiger partial charge in [-0.05, 0) is 57.5 Å². The molecule has 0 spiro atoms. The van der Waals surface area contributed by atoms with E-state index in [4.69, 9.17) is 9.47 Å². The van der Waals surface area contributed by atoms with E-state index in [9.17, 15) is 14.7 Å². The maximum Gasteiger partial charge on any atom is 0.300 e. The molecule has 1 saturated heterocycles. The molecular formula is C29H29NO5. The Morgan fingerprint density at radius 1 is 0.971 bits per heavy atom. The van der Waals surface area contributed by atoms with Crippen molar-refractivity contribution in [2.45, 2.75) is 39.8 Å². The molecule has 0 bridgehead atoms. The minimum absolute atomic E-state index is 0.00864. The molecular weight excluding hydrogens is 442 g/mol. The Bertz CT molecular complexity index is 1260. The Kier molecular flexibility index (Phi) is 6.92. The van der Waals surface area contributed by atoms with Gasteiger partial charge in [0.2, 0.25) is 0 Å². The number of nitrogens with zero attached hydrogens (tertiary/aromatic N) is 1. The second kappa shape index (κ2) is 10.1. The van der Waals surface area contributed by atoms with Gasteiger partial charge in [-0.2, -0.15) is 0 Å². The molecule has 1 atom stereocenters. The van der Waals surface area contributed by atoms with Gasteiger partial charge in [0.25, 0.3) is 11.7 Å². The lowest BCUT2D eigenvalue weighted by molar-refractivity contribution is -0.132. The molecule has 1 heterocycles. The van der Waals surface area contributed by atoms with Crippen molar-refractivity contribution in [2.24, 2.45) is 0 Å². The zero-order chi connectivity index (χ0) is 25.1. The number of carbonyl (C=O) groups is 2. The average molecular weight is 472 g/mol. The number of Topliss-reactive ketones (excluding diaryl/α,β-unsaturated/α-hetero) is 1. The van der Waals surface area contributed by atoms with E-state index in [1.807, 2.05) is 52.0 Å². The van der Waals surface area contributed by atoms with Crippen LogP contribution in [-0.2, 0) is 9.59 Å². The highest BCUT2D eigenvalue weighted by atomic mass is 16.5. The van der Waals surface area contributed by atoms with E-state index in [-0.39, 0.29) is 17.4 Å². The third-order valence-corrected chi connectivity index (χ3v) is 5.74. The highest BCUT2D eigenvalue weighted by Crippen LogP contribution is 2.43. The molecule has 3 aromatic rings. The van der Waals surface area contributed by atoms with Crippen LogP contribution in [0.4, 0.5) is 5.69 Å². The van der Waals surface area contributed by atoms with Gasteiger partial charge in [0, 0.05) is 17.3 Å². The lowest BCUT2D eigenvalue weighted by atomic mass is 9.95. The first-order chi connectivity index (χ1) is 16.8. The fourth-order valence-corrected chi connectivity index (χ4v) is 4.17. The number of aryl methyl sites for hydroxylation is 1. The van der Waals surface area contributed by atoms with Crippen LogP contribution in [0, 0.1) is 6.92 Å². The number of carbonyl (C=O) groups excluding carboxylic acids is 2. The molecule has 1 unspecified atom stereocenters. The first-order valence-electron chi connectivity index (χ1n) is 11.7. The Hall–Kier alpha value is -4.06. The first kappa shape index (κ1) is 24.1. The lowest BCUT2D eigenvalue weighted by Crippen LogP contribution is -2.29. The van der Waals surface area contributed by atoms with E-state index in [1.165, 1.54) is 4.90 Å². The molecule has 6 nitrogen and oxygen atoms in total. The molecule has 1 aliphatic rings. The molecule has 35 heavy (non-hydrogen) atoms. The van der Waals surface area contributed by atoms with E-state index in [0.717, 1.165) is 5.56 Å². The molecule has 180 valence electrons. The molecule has 0 aliphatic carbocycles. The fraction of sp³-hybridized carbons (Fsp3) is 0.241. The second-order valence-corrected chi connectivity index (χ2v) is 8.70. The maximum absolute atomic E-state index is 13.3. The first-order valence-corrected chi connectivity index (χ1v) is 11.7. The van der Waals surface area contributed by atoms with Crippen molar-refractivity contribution in [2.75, 3.05) is 11.5 Å². The summed E-state index contributed by atoms with van der Waals surface area (Å²) in [7, 11) is 0.